The lowest BCUT2D eigenvalue weighted by molar-refractivity contribution is 0.697. The molecule has 0 amide bonds. The smallest absolute Gasteiger partial charge is 0.0962 e. The maximum Gasteiger partial charge on any atom is 0.0962 e. The monoisotopic (exact) mass is 158 g/mol. The second kappa shape index (κ2) is 6.78. The molecule has 2 nitrogen and oxygen atoms in total. The van der Waals surface area contributed by atoms with Gasteiger partial charge in [-0.15, -0.1) is 12.4 Å². The molecule has 0 saturated heterocycles. The average Bonchev–Trinajstić information content (AvgIpc) is 1.35. The highest BCUT2D eigenvalue weighted by molar-refractivity contribution is 7.33. The molecule has 0 N–H and O–H groups in total. The molecule has 5 heteroatoms. The Kier molecular flexibility index (Phi) is 10.4. The topological polar surface area (TPSA) is 15.6 Å². The maximum absolute atomic E-state index is 3.75. The zero-order chi connectivity index (χ0) is 4.99. The summed E-state index contributed by atoms with van der Waals surface area (Å²) in [7, 11) is 7.23. The summed E-state index contributed by atoms with van der Waals surface area (Å²) in [5.74, 6) is 0. The zero-order valence-electron chi connectivity index (χ0n) is 4.33. The van der Waals surface area contributed by atoms with E-state index in [1.54, 1.807) is 0 Å². The molecule has 0 aromatic rings. The lowest BCUT2D eigenvalue weighted by Crippen LogP contribution is -1.90. The van der Waals surface area contributed by atoms with Gasteiger partial charge in [0.2, 0.25) is 0 Å². The van der Waals surface area contributed by atoms with Gasteiger partial charge in [0.15, 0.2) is 0 Å². The van der Waals surface area contributed by atoms with Gasteiger partial charge in [0.25, 0.3) is 0 Å². The van der Waals surface area contributed by atoms with E-state index in [2.05, 4.69) is 13.9 Å². The Morgan fingerprint density at radius 3 is 2.00 bits per heavy atom. The van der Waals surface area contributed by atoms with Gasteiger partial charge < -0.3 is 0 Å². The van der Waals surface area contributed by atoms with Gasteiger partial charge in [-0.2, -0.15) is 0 Å². The van der Waals surface area contributed by atoms with Crippen molar-refractivity contribution >= 4 is 30.3 Å². The minimum Gasteiger partial charge on any atom is -0.248 e. The van der Waals surface area contributed by atoms with Crippen LogP contribution in [0.4, 0.5) is 0 Å². The molecule has 0 aromatic heterocycles. The minimum absolute atomic E-state index is 0. The average molecular weight is 159 g/mol. The van der Waals surface area contributed by atoms with Gasteiger partial charge in [-0.1, -0.05) is 0 Å². The van der Waals surface area contributed by atoms with Gasteiger partial charge in [0.05, 0.1) is 8.52 Å². The van der Waals surface area contributed by atoms with Crippen molar-refractivity contribution in [3.8, 4) is 0 Å². The van der Waals surface area contributed by atoms with Crippen LogP contribution < -0.4 is 0 Å². The number of hydrogen-bond donors (Lipinski definition) is 0. The summed E-state index contributed by atoms with van der Waals surface area (Å²) in [6.07, 6.45) is 0. The largest absolute Gasteiger partial charge is 0.248 e. The molecule has 7 heavy (non-hydrogen) atoms. The van der Waals surface area contributed by atoms with Crippen LogP contribution in [0.25, 0.3) is 0 Å². The number of rotatable bonds is 1. The highest BCUT2D eigenvalue weighted by Crippen LogP contribution is 2.04. The molecule has 0 spiro atoms. The Labute approximate surface area is 54.3 Å². The molecule has 0 saturated carbocycles. The first kappa shape index (κ1) is 10.7. The van der Waals surface area contributed by atoms with E-state index in [1.165, 1.54) is 0 Å². The Bertz CT molecular complexity index is 55.7. The SMILES string of the molecule is CN(C)P=NP.Cl. The zero-order valence-corrected chi connectivity index (χ0v) is 7.19. The fourth-order valence-corrected chi connectivity index (χ4v) is 0.930. The first-order valence-corrected chi connectivity index (χ1v) is 2.87. The lowest BCUT2D eigenvalue weighted by atomic mass is 11.3. The van der Waals surface area contributed by atoms with Crippen LogP contribution in [0.5, 0.6) is 0 Å². The molecule has 0 aromatic carbocycles. The highest BCUT2D eigenvalue weighted by Gasteiger charge is 1.72. The Morgan fingerprint density at radius 2 is 2.00 bits per heavy atom. The summed E-state index contributed by atoms with van der Waals surface area (Å²) in [5, 5.41) is 0. The first-order valence-electron chi connectivity index (χ1n) is 1.55. The maximum atomic E-state index is 3.75. The standard InChI is InChI=1S/C2H8N2P2.ClH/c1-4(2)6-3-5;/h5H2,1-2H3;1H. The van der Waals surface area contributed by atoms with Crippen molar-refractivity contribution in [3.05, 3.63) is 0 Å². The molecule has 0 heterocycles. The molecule has 0 aliphatic carbocycles. The molecule has 0 aliphatic heterocycles. The molecule has 0 aliphatic rings. The van der Waals surface area contributed by atoms with Crippen LogP contribution in [0.15, 0.2) is 4.52 Å². The summed E-state index contributed by atoms with van der Waals surface area (Å²) in [4.78, 5) is 0. The predicted octanol–water partition coefficient (Wildman–Crippen LogP) is 1.80. The van der Waals surface area contributed by atoms with E-state index in [9.17, 15) is 0 Å². The van der Waals surface area contributed by atoms with Crippen LogP contribution in [-0.2, 0) is 0 Å². The van der Waals surface area contributed by atoms with Crippen molar-refractivity contribution in [1.29, 1.82) is 0 Å². The summed E-state index contributed by atoms with van der Waals surface area (Å²) in [5.41, 5.74) is 0. The Balaban J connectivity index is 0. The van der Waals surface area contributed by atoms with Crippen LogP contribution in [-0.4, -0.2) is 18.8 Å². The second-order valence-electron chi connectivity index (χ2n) is 1.05. The third-order valence-corrected chi connectivity index (χ3v) is 1.00. The van der Waals surface area contributed by atoms with E-state index >= 15 is 0 Å². The van der Waals surface area contributed by atoms with Gasteiger partial charge >= 0.3 is 0 Å². The molecule has 44 valence electrons. The van der Waals surface area contributed by atoms with E-state index in [4.69, 9.17) is 0 Å². The van der Waals surface area contributed by atoms with Gasteiger partial charge in [0.1, 0.15) is 0 Å². The van der Waals surface area contributed by atoms with Crippen LogP contribution in [0, 0.1) is 0 Å². The fourth-order valence-electron chi connectivity index (χ4n) is 0.103. The number of hydrogen-bond acceptors (Lipinski definition) is 1. The van der Waals surface area contributed by atoms with Crippen molar-refractivity contribution in [2.24, 2.45) is 4.52 Å². The molecule has 0 radical (unpaired) electrons. The first-order chi connectivity index (χ1) is 2.77. The Hall–Kier alpha value is 0.780. The van der Waals surface area contributed by atoms with E-state index in [-0.39, 0.29) is 12.4 Å². The summed E-state index contributed by atoms with van der Waals surface area (Å²) < 4.78 is 5.72. The van der Waals surface area contributed by atoms with Crippen LogP contribution >= 0.6 is 30.3 Å². The van der Waals surface area contributed by atoms with Crippen molar-refractivity contribution in [1.82, 2.24) is 4.67 Å². The third kappa shape index (κ3) is 10.8. The van der Waals surface area contributed by atoms with Crippen molar-refractivity contribution in [2.45, 2.75) is 0 Å². The van der Waals surface area contributed by atoms with Crippen LogP contribution in [0.2, 0.25) is 0 Å². The van der Waals surface area contributed by atoms with Crippen LogP contribution in [0.3, 0.4) is 0 Å². The predicted molar refractivity (Wildman–Crippen MR) is 40.0 cm³/mol. The van der Waals surface area contributed by atoms with Crippen LogP contribution in [0.1, 0.15) is 0 Å². The van der Waals surface area contributed by atoms with E-state index in [0.29, 0.717) is 0 Å². The molecular formula is C2H9ClN2P2. The summed E-state index contributed by atoms with van der Waals surface area (Å²) in [6.45, 7) is 0. The van der Waals surface area contributed by atoms with E-state index in [1.807, 2.05) is 18.8 Å². The highest BCUT2D eigenvalue weighted by atomic mass is 35.5. The molecule has 0 bridgehead atoms. The second-order valence-corrected chi connectivity index (χ2v) is 2.95. The molecular weight excluding hydrogens is 149 g/mol. The van der Waals surface area contributed by atoms with Crippen molar-refractivity contribution < 1.29 is 0 Å². The molecule has 1 atom stereocenters. The minimum atomic E-state index is 0. The quantitative estimate of drug-likeness (QED) is 0.532. The van der Waals surface area contributed by atoms with E-state index < -0.39 is 0 Å². The lowest BCUT2D eigenvalue weighted by Gasteiger charge is -1.92. The summed E-state index contributed by atoms with van der Waals surface area (Å²) in [6, 6.07) is 0. The molecule has 0 fully saturated rings. The summed E-state index contributed by atoms with van der Waals surface area (Å²) >= 11 is 0. The van der Waals surface area contributed by atoms with Gasteiger partial charge in [0, 0.05) is 0 Å². The van der Waals surface area contributed by atoms with Gasteiger partial charge in [-0.05, 0) is 23.5 Å². The molecule has 0 rings (SSSR count). The Morgan fingerprint density at radius 1 is 1.57 bits per heavy atom. The van der Waals surface area contributed by atoms with Gasteiger partial charge in [-0.3, -0.25) is 0 Å². The normalized spacial score (nSPS) is 9.71. The van der Waals surface area contributed by atoms with Gasteiger partial charge in [-0.25, -0.2) is 9.19 Å². The fraction of sp³-hybridized carbons (Fsp3) is 1.00. The van der Waals surface area contributed by atoms with E-state index in [0.717, 1.165) is 8.52 Å². The van der Waals surface area contributed by atoms with Crippen molar-refractivity contribution in [3.63, 3.8) is 0 Å². The number of nitrogens with zero attached hydrogens (tertiary/aromatic N) is 2. The molecule has 1 unspecified atom stereocenters. The third-order valence-electron chi connectivity index (χ3n) is 0.231. The van der Waals surface area contributed by atoms with Crippen molar-refractivity contribution in [2.75, 3.05) is 14.1 Å². The number of halogens is 1.